The first-order chi connectivity index (χ1) is 7.97. The molecule has 1 atom stereocenters. The van der Waals surface area contributed by atoms with Gasteiger partial charge in [-0.1, -0.05) is 0 Å². The van der Waals surface area contributed by atoms with Gasteiger partial charge in [-0.25, -0.2) is 0 Å². The third kappa shape index (κ3) is 1.20. The molecule has 1 aliphatic heterocycles. The van der Waals surface area contributed by atoms with E-state index in [0.29, 0.717) is 11.3 Å². The van der Waals surface area contributed by atoms with Crippen LogP contribution in [0, 0.1) is 19.3 Å². The van der Waals surface area contributed by atoms with Gasteiger partial charge in [0.2, 0.25) is 0 Å². The van der Waals surface area contributed by atoms with Gasteiger partial charge in [0.1, 0.15) is 17.6 Å². The lowest BCUT2D eigenvalue weighted by atomic mass is 9.85. The van der Waals surface area contributed by atoms with Gasteiger partial charge in [-0.2, -0.15) is 0 Å². The van der Waals surface area contributed by atoms with E-state index >= 15 is 0 Å². The van der Waals surface area contributed by atoms with Crippen LogP contribution in [0.3, 0.4) is 0 Å². The summed E-state index contributed by atoms with van der Waals surface area (Å²) in [6.45, 7) is 5.69. The predicted molar refractivity (Wildman–Crippen MR) is 63.7 cm³/mol. The van der Waals surface area contributed by atoms with Crippen molar-refractivity contribution >= 4 is 5.78 Å². The van der Waals surface area contributed by atoms with E-state index in [1.165, 1.54) is 0 Å². The number of phenolic OH excluding ortho intramolecular Hbond substituents is 1. The molecule has 0 amide bonds. The molecule has 0 saturated heterocycles. The third-order valence-corrected chi connectivity index (χ3v) is 4.37. The molecule has 3 heteroatoms. The van der Waals surface area contributed by atoms with E-state index in [1.54, 1.807) is 6.07 Å². The first-order valence-electron chi connectivity index (χ1n) is 6.02. The second-order valence-corrected chi connectivity index (χ2v) is 5.27. The first kappa shape index (κ1) is 10.6. The Morgan fingerprint density at radius 2 is 2.00 bits per heavy atom. The number of hydrogen-bond acceptors (Lipinski definition) is 3. The number of fused-ring (bicyclic) bond motifs is 1. The van der Waals surface area contributed by atoms with Crippen molar-refractivity contribution in [1.29, 1.82) is 0 Å². The molecule has 1 aromatic carbocycles. The summed E-state index contributed by atoms with van der Waals surface area (Å²) < 4.78 is 5.91. The number of ketones is 1. The van der Waals surface area contributed by atoms with Gasteiger partial charge < -0.3 is 9.84 Å². The topological polar surface area (TPSA) is 46.5 Å². The van der Waals surface area contributed by atoms with E-state index in [-0.39, 0.29) is 23.1 Å². The van der Waals surface area contributed by atoms with Crippen molar-refractivity contribution < 1.29 is 14.6 Å². The average molecular weight is 232 g/mol. The number of Topliss-reactive ketones (excluding diaryl/α,β-unsaturated/α-hetero) is 1. The number of rotatable bonds is 0. The van der Waals surface area contributed by atoms with Crippen LogP contribution in [0.2, 0.25) is 0 Å². The van der Waals surface area contributed by atoms with Crippen LogP contribution in [0.5, 0.6) is 11.5 Å². The summed E-state index contributed by atoms with van der Waals surface area (Å²) in [7, 11) is 0. The largest absolute Gasteiger partial charge is 0.508 e. The van der Waals surface area contributed by atoms with Crippen LogP contribution in [0.1, 0.15) is 41.3 Å². The summed E-state index contributed by atoms with van der Waals surface area (Å²) in [4.78, 5) is 12.4. The second-order valence-electron chi connectivity index (χ2n) is 5.27. The maximum atomic E-state index is 12.4. The lowest BCUT2D eigenvalue weighted by Crippen LogP contribution is -2.37. The fraction of sp³-hybridized carbons (Fsp3) is 0.500. The van der Waals surface area contributed by atoms with Crippen LogP contribution in [-0.2, 0) is 0 Å². The number of benzene rings is 1. The fourth-order valence-corrected chi connectivity index (χ4v) is 2.71. The van der Waals surface area contributed by atoms with Gasteiger partial charge in [-0.3, -0.25) is 4.79 Å². The van der Waals surface area contributed by atoms with E-state index in [0.717, 1.165) is 24.0 Å². The highest BCUT2D eigenvalue weighted by Gasteiger charge is 2.58. The predicted octanol–water partition coefficient (Wildman–Crippen LogP) is 2.75. The third-order valence-electron chi connectivity index (χ3n) is 4.37. The van der Waals surface area contributed by atoms with Gasteiger partial charge in [-0.05, 0) is 50.8 Å². The molecule has 0 bridgehead atoms. The molecule has 1 aliphatic carbocycles. The quantitative estimate of drug-likeness (QED) is 0.748. The molecular formula is C14H16O3. The van der Waals surface area contributed by atoms with Crippen LogP contribution >= 0.6 is 0 Å². The molecule has 3 rings (SSSR count). The minimum absolute atomic E-state index is 0.0508. The average Bonchev–Trinajstić information content (AvgIpc) is 3.08. The summed E-state index contributed by atoms with van der Waals surface area (Å²) >= 11 is 0. The monoisotopic (exact) mass is 232 g/mol. The normalized spacial score (nSPS) is 24.4. The smallest absolute Gasteiger partial charge is 0.176 e. The minimum Gasteiger partial charge on any atom is -0.508 e. The fourth-order valence-electron chi connectivity index (χ4n) is 2.71. The Kier molecular flexibility index (Phi) is 1.90. The van der Waals surface area contributed by atoms with Crippen molar-refractivity contribution in [3.8, 4) is 11.5 Å². The molecule has 1 unspecified atom stereocenters. The number of carbonyl (C=O) groups excluding carboxylic acids is 1. The zero-order chi connectivity index (χ0) is 12.4. The Hall–Kier alpha value is -1.51. The van der Waals surface area contributed by atoms with Crippen molar-refractivity contribution in [2.75, 3.05) is 0 Å². The molecule has 1 aromatic rings. The molecule has 2 aliphatic rings. The number of ether oxygens (including phenoxy) is 1. The van der Waals surface area contributed by atoms with Crippen molar-refractivity contribution in [2.24, 2.45) is 5.41 Å². The van der Waals surface area contributed by atoms with Crippen LogP contribution in [0.25, 0.3) is 0 Å². The second kappa shape index (κ2) is 3.03. The first-order valence-corrected chi connectivity index (χ1v) is 6.02. The highest BCUT2D eigenvalue weighted by Crippen LogP contribution is 2.56. The highest BCUT2D eigenvalue weighted by atomic mass is 16.5. The summed E-state index contributed by atoms with van der Waals surface area (Å²) in [6, 6.07) is 1.56. The van der Waals surface area contributed by atoms with Gasteiger partial charge >= 0.3 is 0 Å². The molecule has 0 aromatic heterocycles. The van der Waals surface area contributed by atoms with Crippen LogP contribution < -0.4 is 4.74 Å². The summed E-state index contributed by atoms with van der Waals surface area (Å²) in [6.07, 6.45) is 1.76. The lowest BCUT2D eigenvalue weighted by molar-refractivity contribution is 0.0639. The van der Waals surface area contributed by atoms with E-state index in [2.05, 4.69) is 0 Å². The molecule has 1 N–H and O–H groups in total. The van der Waals surface area contributed by atoms with E-state index in [9.17, 15) is 9.90 Å². The Balaban J connectivity index is 2.23. The molecular weight excluding hydrogens is 216 g/mol. The molecule has 1 saturated carbocycles. The summed E-state index contributed by atoms with van der Waals surface area (Å²) in [5.41, 5.74) is 1.91. The maximum absolute atomic E-state index is 12.4. The van der Waals surface area contributed by atoms with Gasteiger partial charge in [0, 0.05) is 0 Å². The van der Waals surface area contributed by atoms with Crippen LogP contribution in [0.4, 0.5) is 0 Å². The number of phenols is 1. The molecule has 17 heavy (non-hydrogen) atoms. The van der Waals surface area contributed by atoms with Gasteiger partial charge in [0.05, 0.1) is 11.0 Å². The van der Waals surface area contributed by atoms with Crippen LogP contribution in [-0.4, -0.2) is 17.0 Å². The Morgan fingerprint density at radius 3 is 2.59 bits per heavy atom. The number of hydrogen-bond donors (Lipinski definition) is 1. The minimum atomic E-state index is -0.304. The Bertz CT molecular complexity index is 527. The van der Waals surface area contributed by atoms with E-state index in [4.69, 9.17) is 4.74 Å². The number of carbonyl (C=O) groups is 1. The SMILES string of the molecule is Cc1c(O)cc2c(c1C)OC(C)C1(CC1)C2=O. The summed E-state index contributed by atoms with van der Waals surface area (Å²) in [5, 5.41) is 9.82. The molecule has 1 heterocycles. The maximum Gasteiger partial charge on any atom is 0.176 e. The van der Waals surface area contributed by atoms with Gasteiger partial charge in [0.25, 0.3) is 0 Å². The summed E-state index contributed by atoms with van der Waals surface area (Å²) in [5.74, 6) is 0.989. The van der Waals surface area contributed by atoms with Crippen molar-refractivity contribution in [1.82, 2.24) is 0 Å². The molecule has 1 fully saturated rings. The standard InChI is InChI=1S/C14H16O3/c1-7-8(2)12-10(6-11(7)15)13(16)14(4-5-14)9(3)17-12/h6,9,15H,4-5H2,1-3H3. The van der Waals surface area contributed by atoms with E-state index < -0.39 is 0 Å². The molecule has 90 valence electrons. The zero-order valence-electron chi connectivity index (χ0n) is 10.3. The Labute approximate surface area is 100 Å². The molecule has 1 spiro atoms. The van der Waals surface area contributed by atoms with Crippen molar-refractivity contribution in [3.05, 3.63) is 22.8 Å². The van der Waals surface area contributed by atoms with Crippen molar-refractivity contribution in [2.45, 2.75) is 39.7 Å². The zero-order valence-corrected chi connectivity index (χ0v) is 10.3. The van der Waals surface area contributed by atoms with Crippen molar-refractivity contribution in [3.63, 3.8) is 0 Å². The molecule has 0 radical (unpaired) electrons. The Morgan fingerprint density at radius 1 is 1.35 bits per heavy atom. The number of aromatic hydroxyl groups is 1. The lowest BCUT2D eigenvalue weighted by Gasteiger charge is -2.32. The van der Waals surface area contributed by atoms with Gasteiger partial charge in [-0.15, -0.1) is 0 Å². The van der Waals surface area contributed by atoms with Crippen LogP contribution in [0.15, 0.2) is 6.07 Å². The van der Waals surface area contributed by atoms with Gasteiger partial charge in [0.15, 0.2) is 5.78 Å². The van der Waals surface area contributed by atoms with E-state index in [1.807, 2.05) is 20.8 Å². The highest BCUT2D eigenvalue weighted by molar-refractivity contribution is 6.06. The molecule has 3 nitrogen and oxygen atoms in total.